The van der Waals surface area contributed by atoms with E-state index in [9.17, 15) is 19.1 Å². The molecule has 1 heterocycles. The highest BCUT2D eigenvalue weighted by Crippen LogP contribution is 2.44. The third-order valence-electron chi connectivity index (χ3n) is 5.10. The first-order valence-corrected chi connectivity index (χ1v) is 9.76. The Morgan fingerprint density at radius 1 is 1.03 bits per heavy atom. The molecule has 0 bridgehead atoms. The average Bonchev–Trinajstić information content (AvgIpc) is 3.04. The molecule has 1 unspecified atom stereocenters. The Bertz CT molecular complexity index is 1210. The van der Waals surface area contributed by atoms with Gasteiger partial charge >= 0.3 is 0 Å². The Balaban J connectivity index is 2.01. The van der Waals surface area contributed by atoms with Crippen LogP contribution in [-0.4, -0.2) is 23.9 Å². The van der Waals surface area contributed by atoms with Crippen molar-refractivity contribution in [2.24, 2.45) is 0 Å². The number of benzene rings is 3. The van der Waals surface area contributed by atoms with Gasteiger partial charge in [-0.2, -0.15) is 0 Å². The Hall–Kier alpha value is -3.64. The lowest BCUT2D eigenvalue weighted by molar-refractivity contribution is -0.132. The number of hydrogen-bond acceptors (Lipinski definition) is 4. The van der Waals surface area contributed by atoms with E-state index in [-0.39, 0.29) is 22.4 Å². The van der Waals surface area contributed by atoms with Crippen LogP contribution in [0.4, 0.5) is 10.1 Å². The van der Waals surface area contributed by atoms with Crippen LogP contribution in [0.3, 0.4) is 0 Å². The van der Waals surface area contributed by atoms with Gasteiger partial charge in [0.25, 0.3) is 11.7 Å². The van der Waals surface area contributed by atoms with E-state index in [0.717, 1.165) is 0 Å². The van der Waals surface area contributed by atoms with Gasteiger partial charge in [0, 0.05) is 16.3 Å². The standard InChI is InChI=1S/C24H17ClFNO4/c1-31-19-12-11-14(25)13-17(19)22(28)20-21(16-9-5-6-10-18(16)26)27(24(30)23(20)29)15-7-3-2-4-8-15/h2-13,21,28H,1H3/b22-20+. The van der Waals surface area contributed by atoms with Crippen LogP contribution < -0.4 is 9.64 Å². The number of rotatable bonds is 4. The number of methoxy groups -OCH3 is 1. The first kappa shape index (κ1) is 20.6. The monoisotopic (exact) mass is 437 g/mol. The fourth-order valence-corrected chi connectivity index (χ4v) is 3.86. The van der Waals surface area contributed by atoms with Crippen LogP contribution in [0.1, 0.15) is 17.2 Å². The SMILES string of the molecule is COc1ccc(Cl)cc1/C(O)=C1\C(=O)C(=O)N(c2ccccc2)C1c1ccccc1F. The molecule has 3 aromatic rings. The minimum absolute atomic E-state index is 0.0769. The number of ether oxygens (including phenoxy) is 1. The number of amides is 1. The smallest absolute Gasteiger partial charge is 0.300 e. The van der Waals surface area contributed by atoms with Crippen LogP contribution in [0, 0.1) is 5.82 Å². The van der Waals surface area contributed by atoms with Crippen LogP contribution in [0.15, 0.2) is 78.4 Å². The van der Waals surface area contributed by atoms with Crippen LogP contribution in [-0.2, 0) is 9.59 Å². The molecule has 1 atom stereocenters. The molecule has 156 valence electrons. The first-order chi connectivity index (χ1) is 14.9. The molecule has 1 fully saturated rings. The van der Waals surface area contributed by atoms with Crippen molar-refractivity contribution < 1.29 is 23.8 Å². The van der Waals surface area contributed by atoms with Crippen LogP contribution in [0.25, 0.3) is 5.76 Å². The highest BCUT2D eigenvalue weighted by Gasteiger charge is 2.48. The van der Waals surface area contributed by atoms with Crippen molar-refractivity contribution in [1.29, 1.82) is 0 Å². The molecule has 7 heteroatoms. The van der Waals surface area contributed by atoms with Crippen molar-refractivity contribution >= 4 is 34.7 Å². The van der Waals surface area contributed by atoms with Crippen molar-refractivity contribution in [2.45, 2.75) is 6.04 Å². The molecular weight excluding hydrogens is 421 g/mol. The van der Waals surface area contributed by atoms with Crippen LogP contribution in [0.2, 0.25) is 5.02 Å². The lowest BCUT2D eigenvalue weighted by Crippen LogP contribution is -2.29. The van der Waals surface area contributed by atoms with E-state index in [1.807, 2.05) is 0 Å². The van der Waals surface area contributed by atoms with Crippen molar-refractivity contribution in [3.8, 4) is 5.75 Å². The van der Waals surface area contributed by atoms with E-state index in [1.165, 1.54) is 42.3 Å². The molecule has 4 rings (SSSR count). The number of anilines is 1. The Morgan fingerprint density at radius 2 is 1.71 bits per heavy atom. The summed E-state index contributed by atoms with van der Waals surface area (Å²) < 4.78 is 20.1. The quantitative estimate of drug-likeness (QED) is 0.350. The van der Waals surface area contributed by atoms with Crippen molar-refractivity contribution in [3.63, 3.8) is 0 Å². The molecule has 31 heavy (non-hydrogen) atoms. The molecule has 0 aliphatic carbocycles. The Labute approximate surface area is 182 Å². The number of Topliss-reactive ketones (excluding diaryl/α,β-unsaturated/α-hetero) is 1. The predicted molar refractivity (Wildman–Crippen MR) is 116 cm³/mol. The Morgan fingerprint density at radius 3 is 2.39 bits per heavy atom. The lowest BCUT2D eigenvalue weighted by Gasteiger charge is -2.25. The molecule has 0 saturated carbocycles. The summed E-state index contributed by atoms with van der Waals surface area (Å²) in [4.78, 5) is 27.3. The first-order valence-electron chi connectivity index (χ1n) is 9.38. The molecule has 0 spiro atoms. The number of halogens is 2. The van der Waals surface area contributed by atoms with Gasteiger partial charge in [-0.15, -0.1) is 0 Å². The van der Waals surface area contributed by atoms with E-state index < -0.39 is 29.3 Å². The Kier molecular flexibility index (Phi) is 5.48. The summed E-state index contributed by atoms with van der Waals surface area (Å²) >= 11 is 6.08. The summed E-state index contributed by atoms with van der Waals surface area (Å²) in [5.41, 5.74) is 0.352. The van der Waals surface area contributed by atoms with E-state index in [0.29, 0.717) is 10.7 Å². The summed E-state index contributed by atoms with van der Waals surface area (Å²) in [5.74, 6) is -2.66. The number of ketones is 1. The molecule has 1 aliphatic heterocycles. The van der Waals surface area contributed by atoms with Gasteiger partial charge in [-0.3, -0.25) is 14.5 Å². The number of aliphatic hydroxyl groups is 1. The zero-order chi connectivity index (χ0) is 22.1. The molecule has 1 N–H and O–H groups in total. The van der Waals surface area contributed by atoms with Gasteiger partial charge in [-0.1, -0.05) is 48.0 Å². The highest BCUT2D eigenvalue weighted by atomic mass is 35.5. The van der Waals surface area contributed by atoms with E-state index >= 15 is 0 Å². The second-order valence-electron chi connectivity index (χ2n) is 6.87. The summed E-state index contributed by atoms with van der Waals surface area (Å²) in [7, 11) is 1.40. The summed E-state index contributed by atoms with van der Waals surface area (Å²) in [6.07, 6.45) is 0. The second-order valence-corrected chi connectivity index (χ2v) is 7.31. The van der Waals surface area contributed by atoms with Gasteiger partial charge in [0.15, 0.2) is 0 Å². The van der Waals surface area contributed by atoms with Crippen LogP contribution >= 0.6 is 11.6 Å². The van der Waals surface area contributed by atoms with Gasteiger partial charge < -0.3 is 9.84 Å². The summed E-state index contributed by atoms with van der Waals surface area (Å²) in [6, 6.07) is 17.6. The number of nitrogens with zero attached hydrogens (tertiary/aromatic N) is 1. The van der Waals surface area contributed by atoms with Crippen molar-refractivity contribution in [1.82, 2.24) is 0 Å². The zero-order valence-corrected chi connectivity index (χ0v) is 17.1. The fourth-order valence-electron chi connectivity index (χ4n) is 3.69. The molecule has 1 amide bonds. The number of para-hydroxylation sites is 1. The van der Waals surface area contributed by atoms with Gasteiger partial charge in [0.05, 0.1) is 24.3 Å². The molecule has 1 aliphatic rings. The molecule has 0 aromatic heterocycles. The number of carbonyl (C=O) groups excluding carboxylic acids is 2. The number of aliphatic hydroxyl groups excluding tert-OH is 1. The lowest BCUT2D eigenvalue weighted by atomic mass is 9.94. The maximum Gasteiger partial charge on any atom is 0.300 e. The summed E-state index contributed by atoms with van der Waals surface area (Å²) in [5, 5.41) is 11.4. The third kappa shape index (κ3) is 3.55. The molecule has 1 saturated heterocycles. The van der Waals surface area contributed by atoms with Crippen molar-refractivity contribution in [2.75, 3.05) is 12.0 Å². The maximum absolute atomic E-state index is 14.8. The normalized spacial score (nSPS) is 17.8. The van der Waals surface area contributed by atoms with Gasteiger partial charge in [0.1, 0.15) is 17.3 Å². The predicted octanol–water partition coefficient (Wildman–Crippen LogP) is 5.11. The molecular formula is C24H17ClFNO4. The van der Waals surface area contributed by atoms with E-state index in [2.05, 4.69) is 0 Å². The van der Waals surface area contributed by atoms with Crippen LogP contribution in [0.5, 0.6) is 5.75 Å². The minimum atomic E-state index is -1.17. The second kappa shape index (κ2) is 8.24. The maximum atomic E-state index is 14.8. The largest absolute Gasteiger partial charge is 0.507 e. The highest BCUT2D eigenvalue weighted by molar-refractivity contribution is 6.51. The van der Waals surface area contributed by atoms with Crippen molar-refractivity contribution in [3.05, 3.63) is 100 Å². The van der Waals surface area contributed by atoms with Gasteiger partial charge in [0.2, 0.25) is 0 Å². The van der Waals surface area contributed by atoms with Gasteiger partial charge in [-0.25, -0.2) is 4.39 Å². The third-order valence-corrected chi connectivity index (χ3v) is 5.33. The van der Waals surface area contributed by atoms with Gasteiger partial charge in [-0.05, 0) is 36.4 Å². The minimum Gasteiger partial charge on any atom is -0.507 e. The fraction of sp³-hybridized carbons (Fsp3) is 0.0833. The number of carbonyl (C=O) groups is 2. The molecule has 3 aromatic carbocycles. The van der Waals surface area contributed by atoms with E-state index in [4.69, 9.17) is 16.3 Å². The number of hydrogen-bond donors (Lipinski definition) is 1. The molecule has 5 nitrogen and oxygen atoms in total. The van der Waals surface area contributed by atoms with E-state index in [1.54, 1.807) is 42.5 Å². The zero-order valence-electron chi connectivity index (χ0n) is 16.4. The summed E-state index contributed by atoms with van der Waals surface area (Å²) in [6.45, 7) is 0. The topological polar surface area (TPSA) is 66.8 Å². The average molecular weight is 438 g/mol. The molecule has 0 radical (unpaired) electrons.